The Bertz CT molecular complexity index is 576. The number of nitrogens with one attached hydrogen (secondary N) is 2. The van der Waals surface area contributed by atoms with Crippen molar-refractivity contribution in [1.82, 2.24) is 20.2 Å². The Kier molecular flexibility index (Phi) is 4.55. The van der Waals surface area contributed by atoms with Crippen molar-refractivity contribution < 1.29 is 0 Å². The van der Waals surface area contributed by atoms with Gasteiger partial charge in [0.2, 0.25) is 0 Å². The molecule has 3 rings (SSSR count). The van der Waals surface area contributed by atoms with Gasteiger partial charge in [-0.15, -0.1) is 11.3 Å². The minimum Gasteiger partial charge on any atom is -0.352 e. The Morgan fingerprint density at radius 2 is 2.29 bits per heavy atom. The number of hydrogen-bond acceptors (Lipinski definition) is 3. The summed E-state index contributed by atoms with van der Waals surface area (Å²) >= 11 is 1.75. The predicted molar refractivity (Wildman–Crippen MR) is 86.5 cm³/mol. The van der Waals surface area contributed by atoms with Crippen molar-refractivity contribution in [3.8, 4) is 0 Å². The number of thiophene rings is 1. The average molecular weight is 303 g/mol. The first kappa shape index (κ1) is 14.1. The maximum absolute atomic E-state index is 4.69. The van der Waals surface area contributed by atoms with Gasteiger partial charge in [-0.2, -0.15) is 0 Å². The van der Waals surface area contributed by atoms with Gasteiger partial charge in [0.05, 0.1) is 18.8 Å². The highest BCUT2D eigenvalue weighted by Crippen LogP contribution is 2.14. The van der Waals surface area contributed by atoms with Gasteiger partial charge in [-0.1, -0.05) is 6.07 Å². The number of rotatable bonds is 4. The summed E-state index contributed by atoms with van der Waals surface area (Å²) in [6.45, 7) is 2.62. The molecule has 0 fully saturated rings. The van der Waals surface area contributed by atoms with E-state index in [4.69, 9.17) is 0 Å². The van der Waals surface area contributed by atoms with Crippen LogP contribution in [0.4, 0.5) is 0 Å². The van der Waals surface area contributed by atoms with E-state index in [0.717, 1.165) is 31.2 Å². The monoisotopic (exact) mass is 303 g/mol. The maximum Gasteiger partial charge on any atom is 0.191 e. The zero-order chi connectivity index (χ0) is 14.5. The van der Waals surface area contributed by atoms with Crippen molar-refractivity contribution in [2.45, 2.75) is 38.9 Å². The molecule has 6 heteroatoms. The largest absolute Gasteiger partial charge is 0.352 e. The van der Waals surface area contributed by atoms with E-state index in [2.05, 4.69) is 48.9 Å². The van der Waals surface area contributed by atoms with Crippen LogP contribution in [-0.4, -0.2) is 22.6 Å². The molecule has 0 bridgehead atoms. The van der Waals surface area contributed by atoms with Crippen LogP contribution in [0.1, 0.15) is 29.2 Å². The molecule has 21 heavy (non-hydrogen) atoms. The summed E-state index contributed by atoms with van der Waals surface area (Å²) in [6.07, 6.45) is 5.79. The molecule has 2 N–H and O–H groups in total. The van der Waals surface area contributed by atoms with Crippen molar-refractivity contribution >= 4 is 17.3 Å². The highest BCUT2D eigenvalue weighted by Gasteiger charge is 2.12. The molecule has 1 aliphatic heterocycles. The minimum atomic E-state index is 0.712. The van der Waals surface area contributed by atoms with Gasteiger partial charge in [-0.3, -0.25) is 4.99 Å². The van der Waals surface area contributed by atoms with Gasteiger partial charge >= 0.3 is 0 Å². The topological polar surface area (TPSA) is 54.2 Å². The molecule has 3 heterocycles. The molecule has 0 aromatic carbocycles. The number of hydrogen-bond donors (Lipinski definition) is 2. The first-order valence-electron chi connectivity index (χ1n) is 7.37. The molecule has 112 valence electrons. The third kappa shape index (κ3) is 3.64. The van der Waals surface area contributed by atoms with Crippen molar-refractivity contribution in [3.63, 3.8) is 0 Å². The molecule has 5 nitrogen and oxygen atoms in total. The normalized spacial score (nSPS) is 14.8. The van der Waals surface area contributed by atoms with E-state index in [1.165, 1.54) is 23.5 Å². The summed E-state index contributed by atoms with van der Waals surface area (Å²) in [5, 5.41) is 8.73. The van der Waals surface area contributed by atoms with E-state index < -0.39 is 0 Å². The zero-order valence-corrected chi connectivity index (χ0v) is 13.1. The van der Waals surface area contributed by atoms with E-state index in [0.29, 0.717) is 6.54 Å². The van der Waals surface area contributed by atoms with Crippen LogP contribution in [0.3, 0.4) is 0 Å². The molecule has 0 aliphatic carbocycles. The number of imidazole rings is 1. The van der Waals surface area contributed by atoms with Gasteiger partial charge in [0.25, 0.3) is 0 Å². The van der Waals surface area contributed by atoms with Gasteiger partial charge in [-0.05, 0) is 24.3 Å². The van der Waals surface area contributed by atoms with E-state index in [1.807, 2.05) is 0 Å². The van der Waals surface area contributed by atoms with Crippen molar-refractivity contribution in [2.24, 2.45) is 4.99 Å². The van der Waals surface area contributed by atoms with E-state index in [-0.39, 0.29) is 0 Å². The van der Waals surface area contributed by atoms with Gasteiger partial charge < -0.3 is 15.2 Å². The molecule has 0 amide bonds. The van der Waals surface area contributed by atoms with Crippen LogP contribution in [-0.2, 0) is 26.1 Å². The lowest BCUT2D eigenvalue weighted by atomic mass is 10.2. The van der Waals surface area contributed by atoms with Crippen LogP contribution >= 0.6 is 11.3 Å². The van der Waals surface area contributed by atoms with Gasteiger partial charge in [0, 0.05) is 31.1 Å². The fourth-order valence-corrected chi connectivity index (χ4v) is 3.18. The summed E-state index contributed by atoms with van der Waals surface area (Å²) in [5.41, 5.74) is 1.09. The lowest BCUT2D eigenvalue weighted by Gasteiger charge is -2.11. The molecule has 0 unspecified atom stereocenters. The van der Waals surface area contributed by atoms with E-state index in [1.54, 1.807) is 18.4 Å². The maximum atomic E-state index is 4.69. The Labute approximate surface area is 129 Å². The fraction of sp³-hybridized carbons (Fsp3) is 0.467. The smallest absolute Gasteiger partial charge is 0.191 e. The van der Waals surface area contributed by atoms with Gasteiger partial charge in [0.1, 0.15) is 5.82 Å². The fourth-order valence-electron chi connectivity index (χ4n) is 2.54. The molecular formula is C15H21N5S. The van der Waals surface area contributed by atoms with Crippen LogP contribution < -0.4 is 10.6 Å². The first-order chi connectivity index (χ1) is 10.3. The summed E-state index contributed by atoms with van der Waals surface area (Å²) in [5.74, 6) is 2.04. The third-order valence-corrected chi connectivity index (χ3v) is 4.51. The quantitative estimate of drug-likeness (QED) is 0.672. The van der Waals surface area contributed by atoms with Crippen LogP contribution in [0.25, 0.3) is 0 Å². The van der Waals surface area contributed by atoms with Crippen molar-refractivity contribution in [2.75, 3.05) is 7.05 Å². The number of aryl methyl sites for hydroxylation is 2. The SMILES string of the molecule is CN=C(NCc1cn2c(n1)CCCC2)NCc1cccs1. The first-order valence-corrected chi connectivity index (χ1v) is 8.25. The predicted octanol–water partition coefficient (Wildman–Crippen LogP) is 2.15. The van der Waals surface area contributed by atoms with Gasteiger partial charge in [-0.25, -0.2) is 4.98 Å². The molecule has 1 aliphatic rings. The lowest BCUT2D eigenvalue weighted by molar-refractivity contribution is 0.522. The molecule has 0 radical (unpaired) electrons. The summed E-state index contributed by atoms with van der Waals surface area (Å²) in [7, 11) is 1.79. The number of aliphatic imine (C=N–C) groups is 1. The second kappa shape index (κ2) is 6.76. The highest BCUT2D eigenvalue weighted by molar-refractivity contribution is 7.09. The highest BCUT2D eigenvalue weighted by atomic mass is 32.1. The van der Waals surface area contributed by atoms with Gasteiger partial charge in [0.15, 0.2) is 5.96 Å². The lowest BCUT2D eigenvalue weighted by Crippen LogP contribution is -2.36. The Balaban J connectivity index is 1.52. The Morgan fingerprint density at radius 3 is 3.05 bits per heavy atom. The van der Waals surface area contributed by atoms with Crippen LogP contribution in [0.2, 0.25) is 0 Å². The number of nitrogens with zero attached hydrogens (tertiary/aromatic N) is 3. The standard InChI is InChI=1S/C15H21N5S/c1-16-15(18-10-13-5-4-8-21-13)17-9-12-11-20-7-3-2-6-14(20)19-12/h4-5,8,11H,2-3,6-7,9-10H2,1H3,(H2,16,17,18). The average Bonchev–Trinajstić information content (AvgIpc) is 3.16. The molecule has 0 atom stereocenters. The van der Waals surface area contributed by atoms with E-state index >= 15 is 0 Å². The zero-order valence-electron chi connectivity index (χ0n) is 12.3. The summed E-state index contributed by atoms with van der Waals surface area (Å²) in [4.78, 5) is 10.2. The van der Waals surface area contributed by atoms with Crippen molar-refractivity contribution in [3.05, 3.63) is 40.1 Å². The molecule has 2 aromatic rings. The summed E-state index contributed by atoms with van der Waals surface area (Å²) < 4.78 is 2.28. The molecule has 2 aromatic heterocycles. The summed E-state index contributed by atoms with van der Waals surface area (Å²) in [6, 6.07) is 4.18. The Morgan fingerprint density at radius 1 is 1.38 bits per heavy atom. The number of fused-ring (bicyclic) bond motifs is 1. The van der Waals surface area contributed by atoms with Crippen LogP contribution in [0.5, 0.6) is 0 Å². The Hall–Kier alpha value is -1.82. The van der Waals surface area contributed by atoms with E-state index in [9.17, 15) is 0 Å². The molecule has 0 saturated heterocycles. The second-order valence-electron chi connectivity index (χ2n) is 5.16. The number of aromatic nitrogens is 2. The molecule has 0 spiro atoms. The third-order valence-electron chi connectivity index (χ3n) is 3.63. The van der Waals surface area contributed by atoms with Crippen LogP contribution in [0, 0.1) is 0 Å². The second-order valence-corrected chi connectivity index (χ2v) is 6.19. The number of guanidine groups is 1. The van der Waals surface area contributed by atoms with Crippen LogP contribution in [0.15, 0.2) is 28.7 Å². The van der Waals surface area contributed by atoms with Crippen molar-refractivity contribution in [1.29, 1.82) is 0 Å². The molecular weight excluding hydrogens is 282 g/mol. The minimum absolute atomic E-state index is 0.712. The molecule has 0 saturated carbocycles.